The fraction of sp³-hybridized carbons (Fsp3) is 0.900. The van der Waals surface area contributed by atoms with Crippen molar-refractivity contribution in [3.8, 4) is 0 Å². The predicted molar refractivity (Wildman–Crippen MR) is 56.1 cm³/mol. The molecule has 1 fully saturated rings. The van der Waals surface area contributed by atoms with Crippen molar-refractivity contribution in [2.45, 2.75) is 32.1 Å². The minimum atomic E-state index is -0.578. The highest BCUT2D eigenvalue weighted by Gasteiger charge is 2.29. The summed E-state index contributed by atoms with van der Waals surface area (Å²) in [6, 6.07) is 0. The summed E-state index contributed by atoms with van der Waals surface area (Å²) >= 11 is 1.82. The highest BCUT2D eigenvalue weighted by molar-refractivity contribution is 7.98. The Balaban J connectivity index is 2.41. The topological polar surface area (TPSA) is 37.3 Å². The van der Waals surface area contributed by atoms with Gasteiger partial charge in [-0.3, -0.25) is 4.79 Å². The van der Waals surface area contributed by atoms with E-state index in [9.17, 15) is 4.79 Å². The van der Waals surface area contributed by atoms with E-state index in [2.05, 4.69) is 6.26 Å². The van der Waals surface area contributed by atoms with Gasteiger partial charge < -0.3 is 5.11 Å². The summed E-state index contributed by atoms with van der Waals surface area (Å²) in [6.45, 7) is 0. The first kappa shape index (κ1) is 10.9. The Labute approximate surface area is 84.1 Å². The van der Waals surface area contributed by atoms with Crippen LogP contribution < -0.4 is 0 Å². The van der Waals surface area contributed by atoms with Gasteiger partial charge in [-0.1, -0.05) is 12.8 Å². The lowest BCUT2D eigenvalue weighted by molar-refractivity contribution is -0.144. The van der Waals surface area contributed by atoms with Gasteiger partial charge in [0, 0.05) is 0 Å². The quantitative estimate of drug-likeness (QED) is 0.761. The summed E-state index contributed by atoms with van der Waals surface area (Å²) in [7, 11) is 0. The molecule has 0 saturated heterocycles. The number of rotatable bonds is 4. The van der Waals surface area contributed by atoms with Crippen molar-refractivity contribution in [1.29, 1.82) is 0 Å². The summed E-state index contributed by atoms with van der Waals surface area (Å²) in [5, 5.41) is 9.00. The van der Waals surface area contributed by atoms with Crippen LogP contribution in [0.4, 0.5) is 0 Å². The molecule has 1 N–H and O–H groups in total. The molecule has 0 heterocycles. The number of aliphatic carboxylic acids is 1. The van der Waals surface area contributed by atoms with E-state index in [-0.39, 0.29) is 5.92 Å². The van der Waals surface area contributed by atoms with E-state index in [1.165, 1.54) is 6.42 Å². The van der Waals surface area contributed by atoms with E-state index in [1.807, 2.05) is 11.8 Å². The number of carboxylic acids is 1. The molecule has 0 aromatic rings. The van der Waals surface area contributed by atoms with Gasteiger partial charge in [0.15, 0.2) is 0 Å². The number of carboxylic acid groups (broad SMARTS) is 1. The molecule has 2 nitrogen and oxygen atoms in total. The molecule has 0 amide bonds. The van der Waals surface area contributed by atoms with E-state index < -0.39 is 5.97 Å². The first-order valence-electron chi connectivity index (χ1n) is 4.97. The van der Waals surface area contributed by atoms with Crippen LogP contribution >= 0.6 is 11.8 Å². The van der Waals surface area contributed by atoms with Gasteiger partial charge in [-0.05, 0) is 37.2 Å². The molecule has 0 aromatic heterocycles. The highest BCUT2D eigenvalue weighted by atomic mass is 32.2. The second-order valence-corrected chi connectivity index (χ2v) is 4.76. The Morgan fingerprint density at radius 3 is 2.77 bits per heavy atom. The van der Waals surface area contributed by atoms with Gasteiger partial charge in [0.1, 0.15) is 0 Å². The van der Waals surface area contributed by atoms with E-state index in [0.717, 1.165) is 31.4 Å². The summed E-state index contributed by atoms with van der Waals surface area (Å²) in [4.78, 5) is 10.9. The molecule has 0 aliphatic heterocycles. The van der Waals surface area contributed by atoms with Gasteiger partial charge in [0.05, 0.1) is 5.92 Å². The molecule has 3 heteroatoms. The largest absolute Gasteiger partial charge is 0.481 e. The van der Waals surface area contributed by atoms with Crippen molar-refractivity contribution >= 4 is 17.7 Å². The van der Waals surface area contributed by atoms with E-state index in [1.54, 1.807) is 0 Å². The van der Waals surface area contributed by atoms with E-state index >= 15 is 0 Å². The second-order valence-electron chi connectivity index (χ2n) is 3.77. The smallest absolute Gasteiger partial charge is 0.306 e. The Morgan fingerprint density at radius 2 is 2.15 bits per heavy atom. The Kier molecular flexibility index (Phi) is 4.64. The average Bonchev–Trinajstić information content (AvgIpc) is 2.15. The maximum atomic E-state index is 10.9. The molecule has 0 bridgehead atoms. The van der Waals surface area contributed by atoms with Crippen molar-refractivity contribution < 1.29 is 9.90 Å². The van der Waals surface area contributed by atoms with E-state index in [0.29, 0.717) is 5.92 Å². The molecule has 76 valence electrons. The zero-order valence-electron chi connectivity index (χ0n) is 8.16. The third kappa shape index (κ3) is 3.22. The molecule has 13 heavy (non-hydrogen) atoms. The Hall–Kier alpha value is -0.180. The fourth-order valence-electron chi connectivity index (χ4n) is 2.15. The maximum absolute atomic E-state index is 10.9. The Bertz CT molecular complexity index is 170. The van der Waals surface area contributed by atoms with Crippen LogP contribution in [0.5, 0.6) is 0 Å². The van der Waals surface area contributed by atoms with Crippen LogP contribution in [0.3, 0.4) is 0 Å². The molecular weight excluding hydrogens is 184 g/mol. The fourth-order valence-corrected chi connectivity index (χ4v) is 2.69. The average molecular weight is 202 g/mol. The van der Waals surface area contributed by atoms with Gasteiger partial charge in [0.25, 0.3) is 0 Å². The van der Waals surface area contributed by atoms with Crippen molar-refractivity contribution in [1.82, 2.24) is 0 Å². The third-order valence-corrected chi connectivity index (χ3v) is 3.56. The van der Waals surface area contributed by atoms with Crippen LogP contribution in [-0.4, -0.2) is 23.1 Å². The predicted octanol–water partition coefficient (Wildman–Crippen LogP) is 2.63. The van der Waals surface area contributed by atoms with Crippen molar-refractivity contribution in [3.05, 3.63) is 0 Å². The first-order chi connectivity index (χ1) is 6.25. The SMILES string of the molecule is CSCCC1CCCCC1C(=O)O. The molecule has 2 atom stereocenters. The van der Waals surface area contributed by atoms with Crippen LogP contribution in [-0.2, 0) is 4.79 Å². The molecule has 1 saturated carbocycles. The van der Waals surface area contributed by atoms with Gasteiger partial charge >= 0.3 is 5.97 Å². The maximum Gasteiger partial charge on any atom is 0.306 e. The number of hydrogen-bond donors (Lipinski definition) is 1. The molecule has 0 aromatic carbocycles. The summed E-state index contributed by atoms with van der Waals surface area (Å²) in [5.41, 5.74) is 0. The summed E-state index contributed by atoms with van der Waals surface area (Å²) in [6.07, 6.45) is 7.51. The van der Waals surface area contributed by atoms with E-state index in [4.69, 9.17) is 5.11 Å². The number of thioether (sulfide) groups is 1. The molecule has 2 unspecified atom stereocenters. The summed E-state index contributed by atoms with van der Waals surface area (Å²) in [5.74, 6) is 0.916. The molecular formula is C10H18O2S. The van der Waals surface area contributed by atoms with Gasteiger partial charge in [-0.25, -0.2) is 0 Å². The number of hydrogen-bond acceptors (Lipinski definition) is 2. The third-order valence-electron chi connectivity index (χ3n) is 2.92. The minimum Gasteiger partial charge on any atom is -0.481 e. The highest BCUT2D eigenvalue weighted by Crippen LogP contribution is 2.33. The zero-order valence-corrected chi connectivity index (χ0v) is 8.98. The van der Waals surface area contributed by atoms with Crippen LogP contribution in [0.25, 0.3) is 0 Å². The minimum absolute atomic E-state index is 0.0547. The molecule has 0 spiro atoms. The summed E-state index contributed by atoms with van der Waals surface area (Å²) < 4.78 is 0. The van der Waals surface area contributed by atoms with Crippen LogP contribution in [0, 0.1) is 11.8 Å². The molecule has 0 radical (unpaired) electrons. The zero-order chi connectivity index (χ0) is 9.68. The normalized spacial score (nSPS) is 28.7. The molecule has 1 aliphatic rings. The van der Waals surface area contributed by atoms with Crippen molar-refractivity contribution in [3.63, 3.8) is 0 Å². The van der Waals surface area contributed by atoms with Crippen molar-refractivity contribution in [2.75, 3.05) is 12.0 Å². The lowest BCUT2D eigenvalue weighted by atomic mass is 9.78. The Morgan fingerprint density at radius 1 is 1.46 bits per heavy atom. The van der Waals surface area contributed by atoms with Crippen molar-refractivity contribution in [2.24, 2.45) is 11.8 Å². The lowest BCUT2D eigenvalue weighted by Gasteiger charge is -2.28. The van der Waals surface area contributed by atoms with Gasteiger partial charge in [-0.2, -0.15) is 11.8 Å². The van der Waals surface area contributed by atoms with Gasteiger partial charge in [-0.15, -0.1) is 0 Å². The standard InChI is InChI=1S/C10H18O2S/c1-13-7-6-8-4-2-3-5-9(8)10(11)12/h8-9H,2-7H2,1H3,(H,11,12). The monoisotopic (exact) mass is 202 g/mol. The van der Waals surface area contributed by atoms with Crippen LogP contribution in [0.2, 0.25) is 0 Å². The number of carbonyl (C=O) groups is 1. The molecule has 1 aliphatic carbocycles. The first-order valence-corrected chi connectivity index (χ1v) is 6.37. The lowest BCUT2D eigenvalue weighted by Crippen LogP contribution is -2.27. The second kappa shape index (κ2) is 5.53. The van der Waals surface area contributed by atoms with Crippen LogP contribution in [0.15, 0.2) is 0 Å². The van der Waals surface area contributed by atoms with Crippen LogP contribution in [0.1, 0.15) is 32.1 Å². The van der Waals surface area contributed by atoms with Gasteiger partial charge in [0.2, 0.25) is 0 Å². The molecule has 1 rings (SSSR count).